The first-order chi connectivity index (χ1) is 10.6. The van der Waals surface area contributed by atoms with Gasteiger partial charge in [0.15, 0.2) is 0 Å². The highest BCUT2D eigenvalue weighted by Gasteiger charge is 2.08. The van der Waals surface area contributed by atoms with E-state index in [-0.39, 0.29) is 11.6 Å². The number of furan rings is 1. The number of benzene rings is 1. The molecule has 114 valence electrons. The molecule has 0 spiro atoms. The van der Waals surface area contributed by atoms with E-state index >= 15 is 0 Å². The Morgan fingerprint density at radius 2 is 2.14 bits per heavy atom. The van der Waals surface area contributed by atoms with Gasteiger partial charge >= 0.3 is 0 Å². The molecule has 2 rings (SSSR count). The number of hydrogen-bond acceptors (Lipinski definition) is 3. The van der Waals surface area contributed by atoms with Crippen molar-refractivity contribution in [3.8, 4) is 0 Å². The molecule has 0 unspecified atom stereocenters. The molecule has 1 amide bonds. The first-order valence-corrected chi connectivity index (χ1v) is 7.21. The van der Waals surface area contributed by atoms with Crippen molar-refractivity contribution in [3.63, 3.8) is 0 Å². The van der Waals surface area contributed by atoms with Crippen LogP contribution in [0.1, 0.15) is 23.8 Å². The molecule has 0 saturated heterocycles. The zero-order chi connectivity index (χ0) is 15.9. The Bertz CT molecular complexity index is 685. The van der Waals surface area contributed by atoms with Crippen LogP contribution in [0, 0.1) is 12.3 Å². The fourth-order valence-electron chi connectivity index (χ4n) is 2.14. The van der Waals surface area contributed by atoms with Crippen LogP contribution in [-0.2, 0) is 11.2 Å². The van der Waals surface area contributed by atoms with Crippen LogP contribution in [0.25, 0.3) is 5.57 Å². The van der Waals surface area contributed by atoms with E-state index in [0.29, 0.717) is 12.3 Å². The third-order valence-electron chi connectivity index (χ3n) is 3.30. The largest absolute Gasteiger partial charge is 0.465 e. The molecule has 4 nitrogen and oxygen atoms in total. The lowest BCUT2D eigenvalue weighted by molar-refractivity contribution is -0.114. The number of nitrogens with one attached hydrogen (secondary N) is 2. The fourth-order valence-corrected chi connectivity index (χ4v) is 2.14. The van der Waals surface area contributed by atoms with Gasteiger partial charge < -0.3 is 9.73 Å². The Morgan fingerprint density at radius 1 is 1.32 bits per heavy atom. The van der Waals surface area contributed by atoms with Gasteiger partial charge in [-0.3, -0.25) is 10.2 Å². The average Bonchev–Trinajstić information content (AvgIpc) is 3.01. The summed E-state index contributed by atoms with van der Waals surface area (Å²) >= 11 is 0. The van der Waals surface area contributed by atoms with E-state index in [0.717, 1.165) is 12.0 Å². The number of carbonyl (C=O) groups excluding carboxylic acids is 1. The molecule has 0 aliphatic heterocycles. The summed E-state index contributed by atoms with van der Waals surface area (Å²) in [6, 6.07) is 11.8. The Balaban J connectivity index is 1.84. The quantitative estimate of drug-likeness (QED) is 0.803. The van der Waals surface area contributed by atoms with Crippen LogP contribution < -0.4 is 5.32 Å². The number of carbonyl (C=O) groups is 1. The molecule has 22 heavy (non-hydrogen) atoms. The zero-order valence-electron chi connectivity index (χ0n) is 12.8. The number of aryl methyl sites for hydroxylation is 1. The standard InChI is InChI=1S/C18H20N2O2/c1-13-5-3-6-15(11-13)8-9-20-18(21)16(19)12-14(2)17-7-4-10-22-17/h3-7,10-12,19H,8-9H2,1-2H3,(H,20,21)/b14-12+,19-16?. The van der Waals surface area contributed by atoms with E-state index in [2.05, 4.69) is 11.4 Å². The molecule has 0 fully saturated rings. The van der Waals surface area contributed by atoms with Crippen molar-refractivity contribution in [3.05, 3.63) is 65.6 Å². The monoisotopic (exact) mass is 296 g/mol. The minimum absolute atomic E-state index is 0.0712. The molecular weight excluding hydrogens is 276 g/mol. The molecule has 2 aromatic rings. The number of rotatable bonds is 6. The summed E-state index contributed by atoms with van der Waals surface area (Å²) in [6.07, 6.45) is 3.83. The summed E-state index contributed by atoms with van der Waals surface area (Å²) < 4.78 is 5.23. The summed E-state index contributed by atoms with van der Waals surface area (Å²) in [4.78, 5) is 11.9. The molecule has 1 heterocycles. The van der Waals surface area contributed by atoms with Gasteiger partial charge in [-0.2, -0.15) is 0 Å². The zero-order valence-corrected chi connectivity index (χ0v) is 12.8. The van der Waals surface area contributed by atoms with E-state index in [9.17, 15) is 4.79 Å². The molecular formula is C18H20N2O2. The van der Waals surface area contributed by atoms with E-state index in [1.165, 1.54) is 17.2 Å². The van der Waals surface area contributed by atoms with Crippen molar-refractivity contribution in [1.82, 2.24) is 5.32 Å². The fraction of sp³-hybridized carbons (Fsp3) is 0.222. The van der Waals surface area contributed by atoms with Crippen LogP contribution in [0.2, 0.25) is 0 Å². The van der Waals surface area contributed by atoms with Crippen molar-refractivity contribution in [1.29, 1.82) is 5.41 Å². The molecule has 2 N–H and O–H groups in total. The summed E-state index contributed by atoms with van der Waals surface area (Å²) in [6.45, 7) is 4.37. The van der Waals surface area contributed by atoms with Gasteiger partial charge in [-0.15, -0.1) is 0 Å². The van der Waals surface area contributed by atoms with Crippen molar-refractivity contribution < 1.29 is 9.21 Å². The van der Waals surface area contributed by atoms with Gasteiger partial charge in [0.2, 0.25) is 0 Å². The average molecular weight is 296 g/mol. The van der Waals surface area contributed by atoms with Gasteiger partial charge in [0, 0.05) is 6.54 Å². The van der Waals surface area contributed by atoms with Crippen LogP contribution >= 0.6 is 0 Å². The molecule has 0 saturated carbocycles. The Hall–Kier alpha value is -2.62. The van der Waals surface area contributed by atoms with Crippen LogP contribution in [-0.4, -0.2) is 18.2 Å². The minimum Gasteiger partial charge on any atom is -0.465 e. The molecule has 0 aliphatic carbocycles. The highest BCUT2D eigenvalue weighted by atomic mass is 16.3. The molecule has 1 aromatic heterocycles. The lowest BCUT2D eigenvalue weighted by Crippen LogP contribution is -2.31. The maximum Gasteiger partial charge on any atom is 0.269 e. The van der Waals surface area contributed by atoms with Gasteiger partial charge in [-0.05, 0) is 49.6 Å². The first-order valence-electron chi connectivity index (χ1n) is 7.21. The van der Waals surface area contributed by atoms with Gasteiger partial charge in [0.25, 0.3) is 5.91 Å². The van der Waals surface area contributed by atoms with Crippen LogP contribution in [0.3, 0.4) is 0 Å². The van der Waals surface area contributed by atoms with Crippen molar-refractivity contribution in [2.75, 3.05) is 6.54 Å². The maximum atomic E-state index is 11.9. The van der Waals surface area contributed by atoms with Crippen molar-refractivity contribution >= 4 is 17.2 Å². The number of amides is 1. The predicted octanol–water partition coefficient (Wildman–Crippen LogP) is 3.37. The second kappa shape index (κ2) is 7.41. The lowest BCUT2D eigenvalue weighted by Gasteiger charge is -2.06. The Labute approximate surface area is 130 Å². The summed E-state index contributed by atoms with van der Waals surface area (Å²) in [7, 11) is 0. The third-order valence-corrected chi connectivity index (χ3v) is 3.30. The van der Waals surface area contributed by atoms with E-state index < -0.39 is 0 Å². The maximum absolute atomic E-state index is 11.9. The van der Waals surface area contributed by atoms with Gasteiger partial charge in [0.05, 0.1) is 6.26 Å². The van der Waals surface area contributed by atoms with E-state index in [4.69, 9.17) is 9.83 Å². The van der Waals surface area contributed by atoms with Gasteiger partial charge in [-0.25, -0.2) is 0 Å². The lowest BCUT2D eigenvalue weighted by atomic mass is 10.1. The highest BCUT2D eigenvalue weighted by molar-refractivity contribution is 6.43. The minimum atomic E-state index is -0.376. The molecule has 0 aliphatic rings. The van der Waals surface area contributed by atoms with Crippen molar-refractivity contribution in [2.45, 2.75) is 20.3 Å². The van der Waals surface area contributed by atoms with E-state index in [1.54, 1.807) is 18.4 Å². The molecule has 4 heteroatoms. The SMILES string of the molecule is C/C(=C\C(=N)C(=O)NCCc1cccc(C)c1)c1ccco1. The van der Waals surface area contributed by atoms with Gasteiger partial charge in [0.1, 0.15) is 11.5 Å². The van der Waals surface area contributed by atoms with Gasteiger partial charge in [-0.1, -0.05) is 29.8 Å². The van der Waals surface area contributed by atoms with Crippen LogP contribution in [0.4, 0.5) is 0 Å². The third kappa shape index (κ3) is 4.45. The second-order valence-electron chi connectivity index (χ2n) is 5.21. The molecule has 0 bridgehead atoms. The number of hydrogen-bond donors (Lipinski definition) is 2. The Kier molecular flexibility index (Phi) is 5.31. The smallest absolute Gasteiger partial charge is 0.269 e. The highest BCUT2D eigenvalue weighted by Crippen LogP contribution is 2.13. The molecule has 0 atom stereocenters. The van der Waals surface area contributed by atoms with Crippen LogP contribution in [0.15, 0.2) is 53.2 Å². The first kappa shape index (κ1) is 15.8. The normalized spacial score (nSPS) is 11.3. The molecule has 0 radical (unpaired) electrons. The second-order valence-corrected chi connectivity index (χ2v) is 5.21. The summed E-state index contributed by atoms with van der Waals surface area (Å²) in [5, 5.41) is 10.6. The molecule has 1 aromatic carbocycles. The summed E-state index contributed by atoms with van der Waals surface area (Å²) in [5.74, 6) is 0.288. The number of allylic oxidation sites excluding steroid dienone is 1. The van der Waals surface area contributed by atoms with E-state index in [1.807, 2.05) is 32.0 Å². The summed E-state index contributed by atoms with van der Waals surface area (Å²) in [5.41, 5.74) is 3.06. The van der Waals surface area contributed by atoms with Crippen LogP contribution in [0.5, 0.6) is 0 Å². The predicted molar refractivity (Wildman–Crippen MR) is 88.0 cm³/mol. The van der Waals surface area contributed by atoms with Crippen molar-refractivity contribution in [2.24, 2.45) is 0 Å². The Morgan fingerprint density at radius 3 is 2.82 bits per heavy atom. The topological polar surface area (TPSA) is 66.1 Å².